The number of aliphatic hydroxyl groups is 1. The van der Waals surface area contributed by atoms with Gasteiger partial charge in [-0.05, 0) is 49.0 Å². The van der Waals surface area contributed by atoms with E-state index in [0.29, 0.717) is 36.7 Å². The van der Waals surface area contributed by atoms with Crippen LogP contribution in [0.25, 0.3) is 22.0 Å². The lowest BCUT2D eigenvalue weighted by molar-refractivity contribution is 0.0586. The molecule has 1 aromatic carbocycles. The first-order valence-electron chi connectivity index (χ1n) is 12.0. The molecule has 35 heavy (non-hydrogen) atoms. The Labute approximate surface area is 213 Å². The first-order chi connectivity index (χ1) is 16.5. The first kappa shape index (κ1) is 27.3. The zero-order chi connectivity index (χ0) is 25.8. The highest BCUT2D eigenvalue weighted by atomic mass is 35.5. The largest absolute Gasteiger partial charge is 0.464 e. The van der Waals surface area contributed by atoms with Gasteiger partial charge in [0, 0.05) is 48.7 Å². The van der Waals surface area contributed by atoms with Crippen molar-refractivity contribution in [2.45, 2.75) is 64.7 Å². The number of aromatic nitrogens is 3. The predicted molar refractivity (Wildman–Crippen MR) is 142 cm³/mol. The number of fused-ring (bicyclic) bond motifs is 1. The summed E-state index contributed by atoms with van der Waals surface area (Å²) in [6, 6.07) is 3.80. The Morgan fingerprint density at radius 3 is 2.46 bits per heavy atom. The van der Waals surface area contributed by atoms with Crippen molar-refractivity contribution in [3.05, 3.63) is 47.1 Å². The summed E-state index contributed by atoms with van der Waals surface area (Å²) in [4.78, 5) is 21.4. The zero-order valence-corrected chi connectivity index (χ0v) is 23.3. The van der Waals surface area contributed by atoms with E-state index in [1.54, 1.807) is 12.4 Å². The lowest BCUT2D eigenvalue weighted by Gasteiger charge is -2.36. The standard InChI is InChI=1S/C26H36ClN3O4Si/c1-26(2,3)35(5,6)34-14-7-9-19-20-10-11-21(27)22(18-15-28-17-29-16-18)23(20)30(12-8-13-31)24(19)25(32)33-4/h10-11,15-17,31H,7-9,12-14H2,1-6H3. The molecule has 3 rings (SSSR count). The van der Waals surface area contributed by atoms with Crippen LogP contribution in [0.1, 0.15) is 49.7 Å². The molecule has 0 unspecified atom stereocenters. The van der Waals surface area contributed by atoms with E-state index >= 15 is 0 Å². The van der Waals surface area contributed by atoms with Crippen molar-refractivity contribution >= 4 is 36.8 Å². The van der Waals surface area contributed by atoms with Crippen molar-refractivity contribution in [2.24, 2.45) is 0 Å². The summed E-state index contributed by atoms with van der Waals surface area (Å²) in [7, 11) is -0.479. The van der Waals surface area contributed by atoms with Gasteiger partial charge in [0.2, 0.25) is 0 Å². The number of aryl methyl sites for hydroxylation is 2. The van der Waals surface area contributed by atoms with E-state index in [1.807, 2.05) is 16.7 Å². The molecule has 9 heteroatoms. The molecule has 0 saturated carbocycles. The van der Waals surface area contributed by atoms with Crippen molar-refractivity contribution in [2.75, 3.05) is 20.3 Å². The number of ether oxygens (including phenoxy) is 1. The maximum atomic E-state index is 13.1. The van der Waals surface area contributed by atoms with Crippen LogP contribution in [-0.2, 0) is 22.1 Å². The average Bonchev–Trinajstić information content (AvgIpc) is 3.12. The third-order valence-electron chi connectivity index (χ3n) is 6.89. The number of aliphatic hydroxyl groups excluding tert-OH is 1. The van der Waals surface area contributed by atoms with Crippen LogP contribution < -0.4 is 0 Å². The third-order valence-corrected chi connectivity index (χ3v) is 11.7. The monoisotopic (exact) mass is 517 g/mol. The number of carbonyl (C=O) groups is 1. The van der Waals surface area contributed by atoms with Gasteiger partial charge in [0.1, 0.15) is 12.0 Å². The predicted octanol–water partition coefficient (Wildman–Crippen LogP) is 5.88. The number of rotatable bonds is 10. The fraction of sp³-hybridized carbons (Fsp3) is 0.500. The van der Waals surface area contributed by atoms with E-state index in [2.05, 4.69) is 43.8 Å². The maximum Gasteiger partial charge on any atom is 0.354 e. The van der Waals surface area contributed by atoms with E-state index in [0.717, 1.165) is 34.0 Å². The van der Waals surface area contributed by atoms with Gasteiger partial charge in [-0.2, -0.15) is 0 Å². The van der Waals surface area contributed by atoms with Crippen LogP contribution in [0.5, 0.6) is 0 Å². The lowest BCUT2D eigenvalue weighted by atomic mass is 10.0. The number of methoxy groups -OCH3 is 1. The molecule has 0 spiro atoms. The van der Waals surface area contributed by atoms with Crippen molar-refractivity contribution in [1.82, 2.24) is 14.5 Å². The van der Waals surface area contributed by atoms with Gasteiger partial charge in [-0.3, -0.25) is 0 Å². The topological polar surface area (TPSA) is 86.5 Å². The molecule has 2 aromatic heterocycles. The van der Waals surface area contributed by atoms with Gasteiger partial charge in [-0.25, -0.2) is 14.8 Å². The van der Waals surface area contributed by atoms with Crippen molar-refractivity contribution in [3.8, 4) is 11.1 Å². The molecule has 0 aliphatic rings. The molecule has 0 saturated heterocycles. The van der Waals surface area contributed by atoms with Crippen molar-refractivity contribution in [1.29, 1.82) is 0 Å². The van der Waals surface area contributed by atoms with Gasteiger partial charge < -0.3 is 18.8 Å². The van der Waals surface area contributed by atoms with Gasteiger partial charge >= 0.3 is 5.97 Å². The van der Waals surface area contributed by atoms with Gasteiger partial charge in [0.25, 0.3) is 0 Å². The molecular weight excluding hydrogens is 482 g/mol. The van der Waals surface area contributed by atoms with Crippen molar-refractivity contribution < 1.29 is 19.1 Å². The molecule has 0 bridgehead atoms. The van der Waals surface area contributed by atoms with Crippen LogP contribution in [0.4, 0.5) is 0 Å². The van der Waals surface area contributed by atoms with Crippen LogP contribution in [-0.4, -0.2) is 54.3 Å². The van der Waals surface area contributed by atoms with E-state index in [9.17, 15) is 9.90 Å². The average molecular weight is 518 g/mol. The molecule has 0 fully saturated rings. The highest BCUT2D eigenvalue weighted by Crippen LogP contribution is 2.40. The SMILES string of the molecule is COC(=O)c1c(CCCO[Si](C)(C)C(C)(C)C)c2ccc(Cl)c(-c3cncnc3)c2n1CCCO. The molecule has 0 aliphatic carbocycles. The minimum atomic E-state index is -1.87. The molecule has 2 heterocycles. The van der Waals surface area contributed by atoms with E-state index in [4.69, 9.17) is 20.8 Å². The third kappa shape index (κ3) is 5.77. The molecule has 0 aliphatic heterocycles. The van der Waals surface area contributed by atoms with Gasteiger partial charge in [-0.1, -0.05) is 38.4 Å². The summed E-state index contributed by atoms with van der Waals surface area (Å²) < 4.78 is 13.5. The van der Waals surface area contributed by atoms with Crippen LogP contribution in [0.15, 0.2) is 30.9 Å². The van der Waals surface area contributed by atoms with Crippen LogP contribution in [0, 0.1) is 0 Å². The highest BCUT2D eigenvalue weighted by Gasteiger charge is 2.37. The van der Waals surface area contributed by atoms with Gasteiger partial charge in [0.05, 0.1) is 17.6 Å². The second-order valence-electron chi connectivity index (χ2n) is 10.2. The first-order valence-corrected chi connectivity index (χ1v) is 15.2. The Balaban J connectivity index is 2.12. The van der Waals surface area contributed by atoms with E-state index < -0.39 is 14.3 Å². The van der Waals surface area contributed by atoms with Gasteiger partial charge in [0.15, 0.2) is 8.32 Å². The summed E-state index contributed by atoms with van der Waals surface area (Å²) in [5.41, 5.74) is 3.73. The minimum Gasteiger partial charge on any atom is -0.464 e. The van der Waals surface area contributed by atoms with Crippen molar-refractivity contribution in [3.63, 3.8) is 0 Å². The minimum absolute atomic E-state index is 0.000318. The van der Waals surface area contributed by atoms with Crippen LogP contribution in [0.2, 0.25) is 23.2 Å². The molecule has 7 nitrogen and oxygen atoms in total. The summed E-state index contributed by atoms with van der Waals surface area (Å²) in [5, 5.41) is 11.2. The normalized spacial score (nSPS) is 12.3. The lowest BCUT2D eigenvalue weighted by Crippen LogP contribution is -2.41. The summed E-state index contributed by atoms with van der Waals surface area (Å²) >= 11 is 6.69. The second kappa shape index (κ2) is 11.2. The molecule has 0 amide bonds. The van der Waals surface area contributed by atoms with Crippen LogP contribution in [0.3, 0.4) is 0 Å². The molecule has 3 aromatic rings. The smallest absolute Gasteiger partial charge is 0.354 e. The fourth-order valence-corrected chi connectivity index (χ4v) is 5.37. The zero-order valence-electron chi connectivity index (χ0n) is 21.5. The van der Waals surface area contributed by atoms with Gasteiger partial charge in [-0.15, -0.1) is 0 Å². The number of hydrogen-bond donors (Lipinski definition) is 1. The molecule has 1 N–H and O–H groups in total. The Hall–Kier alpha value is -2.26. The Bertz CT molecular complexity index is 1170. The molecular formula is C26H36ClN3O4Si. The van der Waals surface area contributed by atoms with E-state index in [1.165, 1.54) is 13.4 Å². The molecule has 0 atom stereocenters. The number of carbonyl (C=O) groups excluding carboxylic acids is 1. The second-order valence-corrected chi connectivity index (χ2v) is 15.4. The molecule has 190 valence electrons. The quantitative estimate of drug-likeness (QED) is 0.205. The number of hydrogen-bond acceptors (Lipinski definition) is 6. The maximum absolute atomic E-state index is 13.1. The summed E-state index contributed by atoms with van der Waals surface area (Å²) in [6.45, 7) is 12.2. The molecule has 0 radical (unpaired) electrons. The highest BCUT2D eigenvalue weighted by molar-refractivity contribution is 6.74. The number of halogens is 1. The number of nitrogens with zero attached hydrogens (tertiary/aromatic N) is 3. The number of benzene rings is 1. The number of esters is 1. The summed E-state index contributed by atoms with van der Waals surface area (Å²) in [5.74, 6) is -0.411. The fourth-order valence-electron chi connectivity index (χ4n) is 4.02. The van der Waals surface area contributed by atoms with E-state index in [-0.39, 0.29) is 11.6 Å². The van der Waals surface area contributed by atoms with Crippen LogP contribution >= 0.6 is 11.6 Å². The summed E-state index contributed by atoms with van der Waals surface area (Å²) in [6.07, 6.45) is 6.79. The Kier molecular flexibility index (Phi) is 8.75. The Morgan fingerprint density at radius 1 is 1.17 bits per heavy atom. The Morgan fingerprint density at radius 2 is 1.86 bits per heavy atom.